The van der Waals surface area contributed by atoms with Crippen molar-refractivity contribution >= 4 is 29.6 Å². The third-order valence-corrected chi connectivity index (χ3v) is 4.93. The van der Waals surface area contributed by atoms with Gasteiger partial charge in [0.1, 0.15) is 30.3 Å². The molecule has 0 unspecified atom stereocenters. The molecule has 1 aliphatic rings. The van der Waals surface area contributed by atoms with Crippen molar-refractivity contribution < 1.29 is 23.9 Å². The van der Waals surface area contributed by atoms with E-state index >= 15 is 0 Å². The number of anilines is 1. The second-order valence-corrected chi connectivity index (χ2v) is 7.34. The van der Waals surface area contributed by atoms with E-state index < -0.39 is 17.8 Å². The number of carbonyl (C=O) groups is 3. The number of nitrogens with one attached hydrogen (secondary N) is 1. The molecule has 0 bridgehead atoms. The predicted molar refractivity (Wildman–Crippen MR) is 124 cm³/mol. The molecule has 1 fully saturated rings. The van der Waals surface area contributed by atoms with Crippen LogP contribution in [0.5, 0.6) is 11.5 Å². The summed E-state index contributed by atoms with van der Waals surface area (Å²) >= 11 is 0. The molecule has 0 radical (unpaired) electrons. The highest BCUT2D eigenvalue weighted by Crippen LogP contribution is 2.26. The summed E-state index contributed by atoms with van der Waals surface area (Å²) in [6.45, 7) is 2.44. The summed E-state index contributed by atoms with van der Waals surface area (Å²) in [5.74, 6) is -0.226. The van der Waals surface area contributed by atoms with E-state index in [9.17, 15) is 14.4 Å². The first kappa shape index (κ1) is 21.8. The second kappa shape index (κ2) is 9.82. The van der Waals surface area contributed by atoms with E-state index in [0.29, 0.717) is 23.6 Å². The molecule has 1 aliphatic heterocycles. The molecule has 0 saturated carbocycles. The smallest absolute Gasteiger partial charge is 0.335 e. The number of rotatable bonds is 7. The third-order valence-electron chi connectivity index (χ3n) is 4.93. The van der Waals surface area contributed by atoms with Crippen molar-refractivity contribution in [1.82, 2.24) is 5.32 Å². The predicted octanol–water partition coefficient (Wildman–Crippen LogP) is 4.12. The standard InChI is InChI=1S/C26H22N2O5/c1-18-8-7-10-20(16-18)28-25(30)22(24(29)27-26(28)31)17-19-9-5-6-13-23(19)33-15-14-32-21-11-3-2-4-12-21/h2-13,16-17H,14-15H2,1H3,(H,27,29,31)/b22-17+. The van der Waals surface area contributed by atoms with E-state index in [0.717, 1.165) is 16.2 Å². The number of amides is 4. The SMILES string of the molecule is Cc1cccc(N2C(=O)NC(=O)/C(=C\c3ccccc3OCCOc3ccccc3)C2=O)c1. The Morgan fingerprint density at radius 3 is 2.36 bits per heavy atom. The first-order chi connectivity index (χ1) is 16.0. The van der Waals surface area contributed by atoms with Crippen LogP contribution in [0.15, 0.2) is 84.4 Å². The molecule has 0 atom stereocenters. The molecular formula is C26H22N2O5. The molecule has 33 heavy (non-hydrogen) atoms. The number of urea groups is 1. The third kappa shape index (κ3) is 5.10. The quantitative estimate of drug-likeness (QED) is 0.338. The van der Waals surface area contributed by atoms with Gasteiger partial charge in [0.2, 0.25) is 0 Å². The van der Waals surface area contributed by atoms with Gasteiger partial charge in [-0.2, -0.15) is 0 Å². The summed E-state index contributed by atoms with van der Waals surface area (Å²) in [6, 6.07) is 22.6. The van der Waals surface area contributed by atoms with Crippen molar-refractivity contribution in [3.8, 4) is 11.5 Å². The highest BCUT2D eigenvalue weighted by Gasteiger charge is 2.37. The molecule has 0 aliphatic carbocycles. The highest BCUT2D eigenvalue weighted by atomic mass is 16.5. The average molecular weight is 442 g/mol. The number of aryl methyl sites for hydroxylation is 1. The van der Waals surface area contributed by atoms with Crippen molar-refractivity contribution in [3.05, 3.63) is 95.6 Å². The Kier molecular flexibility index (Phi) is 6.50. The molecule has 7 nitrogen and oxygen atoms in total. The Morgan fingerprint density at radius 1 is 0.848 bits per heavy atom. The van der Waals surface area contributed by atoms with E-state index in [2.05, 4.69) is 5.32 Å². The Labute approximate surface area is 191 Å². The van der Waals surface area contributed by atoms with E-state index in [-0.39, 0.29) is 12.2 Å². The fourth-order valence-corrected chi connectivity index (χ4v) is 3.37. The van der Waals surface area contributed by atoms with Crippen LogP contribution in [-0.4, -0.2) is 31.1 Å². The Morgan fingerprint density at radius 2 is 1.58 bits per heavy atom. The van der Waals surface area contributed by atoms with Gasteiger partial charge in [-0.1, -0.05) is 48.5 Å². The van der Waals surface area contributed by atoms with Crippen molar-refractivity contribution in [1.29, 1.82) is 0 Å². The van der Waals surface area contributed by atoms with Crippen LogP contribution in [0.1, 0.15) is 11.1 Å². The molecule has 166 valence electrons. The molecule has 0 aromatic heterocycles. The first-order valence-corrected chi connectivity index (χ1v) is 10.4. The van der Waals surface area contributed by atoms with Gasteiger partial charge < -0.3 is 9.47 Å². The highest BCUT2D eigenvalue weighted by molar-refractivity contribution is 6.39. The van der Waals surface area contributed by atoms with Gasteiger partial charge in [-0.3, -0.25) is 14.9 Å². The van der Waals surface area contributed by atoms with Crippen LogP contribution in [0.25, 0.3) is 6.08 Å². The molecule has 1 N–H and O–H groups in total. The van der Waals surface area contributed by atoms with Crippen molar-refractivity contribution in [2.45, 2.75) is 6.92 Å². The van der Waals surface area contributed by atoms with Crippen molar-refractivity contribution in [2.24, 2.45) is 0 Å². The van der Waals surface area contributed by atoms with Crippen LogP contribution in [0.4, 0.5) is 10.5 Å². The van der Waals surface area contributed by atoms with Crippen LogP contribution >= 0.6 is 0 Å². The van der Waals surface area contributed by atoms with E-state index in [1.54, 1.807) is 42.5 Å². The lowest BCUT2D eigenvalue weighted by atomic mass is 10.1. The lowest BCUT2D eigenvalue weighted by Gasteiger charge is -2.26. The molecule has 1 saturated heterocycles. The number of nitrogens with zero attached hydrogens (tertiary/aromatic N) is 1. The van der Waals surface area contributed by atoms with Gasteiger partial charge in [0.25, 0.3) is 11.8 Å². The zero-order valence-electron chi connectivity index (χ0n) is 18.0. The second-order valence-electron chi connectivity index (χ2n) is 7.34. The van der Waals surface area contributed by atoms with E-state index in [4.69, 9.17) is 9.47 Å². The number of carbonyl (C=O) groups excluding carboxylic acids is 3. The number of benzene rings is 3. The number of para-hydroxylation sites is 2. The molecule has 7 heteroatoms. The summed E-state index contributed by atoms with van der Waals surface area (Å²) in [5, 5.41) is 2.24. The van der Waals surface area contributed by atoms with Crippen LogP contribution in [-0.2, 0) is 9.59 Å². The average Bonchev–Trinajstić information content (AvgIpc) is 2.81. The maximum atomic E-state index is 13.1. The fourth-order valence-electron chi connectivity index (χ4n) is 3.37. The molecule has 4 rings (SSSR count). The van der Waals surface area contributed by atoms with Gasteiger partial charge in [0, 0.05) is 5.56 Å². The van der Waals surface area contributed by atoms with Crippen molar-refractivity contribution in [2.75, 3.05) is 18.1 Å². The van der Waals surface area contributed by atoms with E-state index in [1.807, 2.05) is 43.3 Å². The molecule has 0 spiro atoms. The maximum absolute atomic E-state index is 13.1. The first-order valence-electron chi connectivity index (χ1n) is 10.4. The molecule has 1 heterocycles. The number of imide groups is 2. The number of hydrogen-bond acceptors (Lipinski definition) is 5. The summed E-state index contributed by atoms with van der Waals surface area (Å²) in [4.78, 5) is 38.9. The van der Waals surface area contributed by atoms with Crippen LogP contribution in [0.2, 0.25) is 0 Å². The lowest BCUT2D eigenvalue weighted by molar-refractivity contribution is -0.122. The molecule has 3 aromatic carbocycles. The van der Waals surface area contributed by atoms with Gasteiger partial charge in [-0.25, -0.2) is 9.69 Å². The Bertz CT molecular complexity index is 1220. The van der Waals surface area contributed by atoms with Gasteiger partial charge in [0.15, 0.2) is 0 Å². The minimum Gasteiger partial charge on any atom is -0.490 e. The fraction of sp³-hybridized carbons (Fsp3) is 0.115. The van der Waals surface area contributed by atoms with Crippen molar-refractivity contribution in [3.63, 3.8) is 0 Å². The number of hydrogen-bond donors (Lipinski definition) is 1. The Balaban J connectivity index is 1.53. The summed E-state index contributed by atoms with van der Waals surface area (Å²) in [6.07, 6.45) is 1.43. The minimum absolute atomic E-state index is 0.160. The lowest BCUT2D eigenvalue weighted by Crippen LogP contribution is -2.54. The van der Waals surface area contributed by atoms with E-state index in [1.165, 1.54) is 6.08 Å². The number of barbiturate groups is 1. The molecule has 4 amide bonds. The normalized spacial score (nSPS) is 14.9. The molecule has 3 aromatic rings. The number of ether oxygens (including phenoxy) is 2. The zero-order valence-corrected chi connectivity index (χ0v) is 18.0. The van der Waals surface area contributed by atoms with Gasteiger partial charge in [-0.05, 0) is 48.9 Å². The zero-order chi connectivity index (χ0) is 23.2. The maximum Gasteiger partial charge on any atom is 0.335 e. The monoisotopic (exact) mass is 442 g/mol. The van der Waals surface area contributed by atoms with Crippen LogP contribution in [0, 0.1) is 6.92 Å². The van der Waals surface area contributed by atoms with Gasteiger partial charge in [-0.15, -0.1) is 0 Å². The van der Waals surface area contributed by atoms with Crippen LogP contribution < -0.4 is 19.7 Å². The summed E-state index contributed by atoms with van der Waals surface area (Å²) in [7, 11) is 0. The topological polar surface area (TPSA) is 84.9 Å². The van der Waals surface area contributed by atoms with Gasteiger partial charge in [0.05, 0.1) is 5.69 Å². The largest absolute Gasteiger partial charge is 0.490 e. The van der Waals surface area contributed by atoms with Crippen LogP contribution in [0.3, 0.4) is 0 Å². The van der Waals surface area contributed by atoms with Gasteiger partial charge >= 0.3 is 6.03 Å². The molecular weight excluding hydrogens is 420 g/mol. The summed E-state index contributed by atoms with van der Waals surface area (Å²) in [5.41, 5.74) is 1.65. The Hall–Kier alpha value is -4.39. The summed E-state index contributed by atoms with van der Waals surface area (Å²) < 4.78 is 11.5. The minimum atomic E-state index is -0.782.